The third-order valence-corrected chi connectivity index (χ3v) is 6.67. The predicted octanol–water partition coefficient (Wildman–Crippen LogP) is 5.03. The van der Waals surface area contributed by atoms with Crippen molar-refractivity contribution in [2.24, 2.45) is 5.73 Å². The van der Waals surface area contributed by atoms with Gasteiger partial charge in [-0.1, -0.05) is 44.5 Å². The number of unbranched alkanes of at least 4 members (excludes halogenated alkanes) is 1. The molecule has 0 aliphatic carbocycles. The number of hydrogen-bond acceptors (Lipinski definition) is 4. The Morgan fingerprint density at radius 3 is 2.27 bits per heavy atom. The molecule has 222 valence electrons. The summed E-state index contributed by atoms with van der Waals surface area (Å²) in [5.41, 5.74) is 7.98. The summed E-state index contributed by atoms with van der Waals surface area (Å²) in [5.74, 6) is -5.47. The zero-order valence-corrected chi connectivity index (χ0v) is 22.9. The van der Waals surface area contributed by atoms with Crippen molar-refractivity contribution < 1.29 is 37.4 Å². The van der Waals surface area contributed by atoms with E-state index in [1.807, 2.05) is 24.4 Å². The van der Waals surface area contributed by atoms with Gasteiger partial charge in [0.2, 0.25) is 11.8 Å². The fourth-order valence-electron chi connectivity index (χ4n) is 4.44. The van der Waals surface area contributed by atoms with Crippen molar-refractivity contribution in [1.82, 2.24) is 10.2 Å². The van der Waals surface area contributed by atoms with Crippen LogP contribution in [0.25, 0.3) is 0 Å². The summed E-state index contributed by atoms with van der Waals surface area (Å²) in [6, 6.07) is 7.63. The molecule has 0 fully saturated rings. The lowest BCUT2D eigenvalue weighted by Gasteiger charge is -2.31. The number of aryl methyl sites for hydroxylation is 1. The van der Waals surface area contributed by atoms with E-state index in [9.17, 15) is 37.4 Å². The number of nitrogens with zero attached hydrogens (tertiary/aromatic N) is 1. The molecule has 0 spiro atoms. The van der Waals surface area contributed by atoms with Crippen molar-refractivity contribution >= 4 is 12.0 Å². The van der Waals surface area contributed by atoms with E-state index in [2.05, 4.69) is 0 Å². The van der Waals surface area contributed by atoms with Gasteiger partial charge in [-0.2, -0.15) is 0 Å². The second-order valence-corrected chi connectivity index (χ2v) is 10.1. The third-order valence-electron chi connectivity index (χ3n) is 6.67. The van der Waals surface area contributed by atoms with Crippen LogP contribution in [0, 0.1) is 11.6 Å². The number of carboxylic acid groups (broad SMARTS) is 1. The zero-order chi connectivity index (χ0) is 29.9. The van der Waals surface area contributed by atoms with Crippen molar-refractivity contribution in [2.45, 2.75) is 89.4 Å². The summed E-state index contributed by atoms with van der Waals surface area (Å²) in [6.07, 6.45) is -2.98. The molecule has 0 heterocycles. The highest BCUT2D eigenvalue weighted by molar-refractivity contribution is 5.85. The van der Waals surface area contributed by atoms with Crippen LogP contribution in [0.1, 0.15) is 62.6 Å². The smallest absolute Gasteiger partial charge is 0.405 e. The Labute approximate surface area is 232 Å². The summed E-state index contributed by atoms with van der Waals surface area (Å²) in [7, 11) is 0. The first-order valence-corrected chi connectivity index (χ1v) is 13.5. The number of alkyl halides is 2. The highest BCUT2D eigenvalue weighted by atomic mass is 19.3. The Balaban J connectivity index is 2.28. The van der Waals surface area contributed by atoms with Gasteiger partial charge in [-0.15, -0.1) is 0 Å². The molecule has 0 radical (unpaired) electrons. The van der Waals surface area contributed by atoms with Crippen molar-refractivity contribution in [3.8, 4) is 0 Å². The molecule has 11 heteroatoms. The summed E-state index contributed by atoms with van der Waals surface area (Å²) >= 11 is 0. The summed E-state index contributed by atoms with van der Waals surface area (Å²) in [5, 5.41) is 22.2. The van der Waals surface area contributed by atoms with Crippen LogP contribution in [0.15, 0.2) is 42.5 Å². The van der Waals surface area contributed by atoms with Gasteiger partial charge >= 0.3 is 6.09 Å². The van der Waals surface area contributed by atoms with Gasteiger partial charge in [-0.25, -0.2) is 22.4 Å². The van der Waals surface area contributed by atoms with E-state index in [-0.39, 0.29) is 37.9 Å². The molecule has 0 unspecified atom stereocenters. The normalized spacial score (nSPS) is 13.9. The maximum Gasteiger partial charge on any atom is 0.405 e. The number of nitrogens with one attached hydrogen (secondary N) is 1. The van der Waals surface area contributed by atoms with Gasteiger partial charge in [-0.05, 0) is 54.5 Å². The second kappa shape index (κ2) is 15.6. The lowest BCUT2D eigenvalue weighted by Crippen LogP contribution is -2.52. The van der Waals surface area contributed by atoms with Crippen LogP contribution in [-0.4, -0.2) is 57.8 Å². The maximum absolute atomic E-state index is 14.4. The quantitative estimate of drug-likeness (QED) is 0.212. The molecule has 2 aromatic carbocycles. The van der Waals surface area contributed by atoms with Crippen LogP contribution in [0.3, 0.4) is 0 Å². The van der Waals surface area contributed by atoms with Gasteiger partial charge in [0.1, 0.15) is 17.7 Å². The van der Waals surface area contributed by atoms with Crippen LogP contribution in [0.4, 0.5) is 22.4 Å². The monoisotopic (exact) mass is 569 g/mol. The molecule has 2 amide bonds. The van der Waals surface area contributed by atoms with Gasteiger partial charge < -0.3 is 26.2 Å². The van der Waals surface area contributed by atoms with Gasteiger partial charge in [0, 0.05) is 38.0 Å². The van der Waals surface area contributed by atoms with E-state index in [1.165, 1.54) is 4.90 Å². The molecule has 0 saturated carbocycles. The predicted molar refractivity (Wildman–Crippen MR) is 144 cm³/mol. The van der Waals surface area contributed by atoms with Gasteiger partial charge in [0.05, 0.1) is 6.10 Å². The molecule has 7 nitrogen and oxygen atoms in total. The van der Waals surface area contributed by atoms with E-state index in [4.69, 9.17) is 5.73 Å². The standard InChI is InChI=1S/C29H39F4N3O4/c1-3-5-10-29(32,33)11-9-25(35-28(39)40)27(38)36(17-20-8-6-7-19(4-2)12-20)18-26(37)24(34)15-21-13-22(30)16-23(31)14-21/h6-8,12-14,16,24-26,35,37H,3-5,9-11,15,17-18,34H2,1-2H3,(H,39,40)/t24-,25+,26+/m0/s1. The molecule has 0 aliphatic rings. The Morgan fingerprint density at radius 2 is 1.68 bits per heavy atom. The van der Waals surface area contributed by atoms with Crippen molar-refractivity contribution in [2.75, 3.05) is 6.54 Å². The fraction of sp³-hybridized carbons (Fsp3) is 0.517. The average Bonchev–Trinajstić information content (AvgIpc) is 2.88. The number of halogens is 4. The molecule has 0 aliphatic heterocycles. The molecule has 0 bridgehead atoms. The summed E-state index contributed by atoms with van der Waals surface area (Å²) < 4.78 is 56.0. The van der Waals surface area contributed by atoms with Crippen LogP contribution < -0.4 is 11.1 Å². The third kappa shape index (κ3) is 11.1. The lowest BCUT2D eigenvalue weighted by atomic mass is 9.99. The SMILES string of the molecule is CCCCC(F)(F)CC[C@@H](NC(=O)O)C(=O)N(Cc1cccc(CC)c1)C[C@@H](O)[C@@H](N)Cc1cc(F)cc(F)c1. The Kier molecular flexibility index (Phi) is 12.9. The first kappa shape index (κ1) is 33.0. The number of hydrogen-bond donors (Lipinski definition) is 4. The van der Waals surface area contributed by atoms with Crippen LogP contribution in [0.2, 0.25) is 0 Å². The van der Waals surface area contributed by atoms with E-state index >= 15 is 0 Å². The Hall–Kier alpha value is -3.18. The van der Waals surface area contributed by atoms with Gasteiger partial charge in [0.15, 0.2) is 0 Å². The lowest BCUT2D eigenvalue weighted by molar-refractivity contribution is -0.136. The number of carbonyl (C=O) groups is 2. The minimum atomic E-state index is -3.07. The molecular weight excluding hydrogens is 530 g/mol. The molecule has 2 aromatic rings. The summed E-state index contributed by atoms with van der Waals surface area (Å²) in [4.78, 5) is 26.2. The highest BCUT2D eigenvalue weighted by Crippen LogP contribution is 2.28. The Morgan fingerprint density at radius 1 is 1.02 bits per heavy atom. The van der Waals surface area contributed by atoms with E-state index in [0.29, 0.717) is 18.1 Å². The number of amides is 2. The number of rotatable bonds is 16. The van der Waals surface area contributed by atoms with E-state index < -0.39 is 60.6 Å². The molecular formula is C29H39F4N3O4. The first-order chi connectivity index (χ1) is 18.8. The number of aliphatic hydroxyl groups is 1. The molecule has 0 saturated heterocycles. The van der Waals surface area contributed by atoms with Gasteiger partial charge in [-0.3, -0.25) is 4.79 Å². The van der Waals surface area contributed by atoms with Crippen LogP contribution in [-0.2, 0) is 24.2 Å². The number of nitrogens with two attached hydrogens (primary N) is 1. The number of aliphatic hydroxyl groups excluding tert-OH is 1. The van der Waals surface area contributed by atoms with Crippen LogP contribution >= 0.6 is 0 Å². The van der Waals surface area contributed by atoms with E-state index in [1.54, 1.807) is 19.1 Å². The molecule has 40 heavy (non-hydrogen) atoms. The van der Waals surface area contributed by atoms with Gasteiger partial charge in [0.25, 0.3) is 0 Å². The van der Waals surface area contributed by atoms with E-state index in [0.717, 1.165) is 24.1 Å². The van der Waals surface area contributed by atoms with Crippen molar-refractivity contribution in [3.63, 3.8) is 0 Å². The second-order valence-electron chi connectivity index (χ2n) is 10.1. The molecule has 3 atom stereocenters. The zero-order valence-electron chi connectivity index (χ0n) is 22.9. The summed E-state index contributed by atoms with van der Waals surface area (Å²) in [6.45, 7) is 3.32. The molecule has 0 aromatic heterocycles. The minimum absolute atomic E-state index is 0.0466. The average molecular weight is 570 g/mol. The Bertz CT molecular complexity index is 1100. The first-order valence-electron chi connectivity index (χ1n) is 13.5. The molecule has 2 rings (SSSR count). The number of benzene rings is 2. The topological polar surface area (TPSA) is 116 Å². The number of carbonyl (C=O) groups excluding carboxylic acids is 1. The van der Waals surface area contributed by atoms with Crippen molar-refractivity contribution in [3.05, 3.63) is 70.8 Å². The van der Waals surface area contributed by atoms with Crippen molar-refractivity contribution in [1.29, 1.82) is 0 Å². The molecule has 5 N–H and O–H groups in total. The fourth-order valence-corrected chi connectivity index (χ4v) is 4.44. The minimum Gasteiger partial charge on any atom is -0.465 e. The largest absolute Gasteiger partial charge is 0.465 e. The highest BCUT2D eigenvalue weighted by Gasteiger charge is 2.34. The van der Waals surface area contributed by atoms with Crippen LogP contribution in [0.5, 0.6) is 0 Å². The maximum atomic E-state index is 14.4.